The van der Waals surface area contributed by atoms with Crippen molar-refractivity contribution in [3.63, 3.8) is 0 Å². The fourth-order valence-corrected chi connectivity index (χ4v) is 3.83. The Morgan fingerprint density at radius 2 is 1.34 bits per heavy atom. The molecule has 0 aromatic heterocycles. The molecule has 1 aliphatic heterocycles. The monoisotopic (exact) mass is 466 g/mol. The molecule has 1 atom stereocenters. The summed E-state index contributed by atoms with van der Waals surface area (Å²) in [5.74, 6) is -2.55. The van der Waals surface area contributed by atoms with Gasteiger partial charge in [0.2, 0.25) is 0 Å². The molecular formula is C24H16Cl2N2O4. The molecule has 1 unspecified atom stereocenters. The molecule has 3 aromatic rings. The van der Waals surface area contributed by atoms with E-state index in [4.69, 9.17) is 23.2 Å². The molecule has 6 nitrogen and oxygen atoms in total. The smallest absolute Gasteiger partial charge is 0.280 e. The van der Waals surface area contributed by atoms with E-state index in [0.29, 0.717) is 5.56 Å². The van der Waals surface area contributed by atoms with Gasteiger partial charge in [-0.3, -0.25) is 19.2 Å². The molecule has 1 heterocycles. The van der Waals surface area contributed by atoms with Crippen LogP contribution in [-0.2, 0) is 0 Å². The van der Waals surface area contributed by atoms with E-state index >= 15 is 0 Å². The zero-order chi connectivity index (χ0) is 23.0. The third kappa shape index (κ3) is 3.68. The summed E-state index contributed by atoms with van der Waals surface area (Å²) in [6.07, 6.45) is 0. The third-order valence-electron chi connectivity index (χ3n) is 5.17. The van der Waals surface area contributed by atoms with Crippen LogP contribution in [0, 0.1) is 0 Å². The van der Waals surface area contributed by atoms with Gasteiger partial charge in [-0.1, -0.05) is 65.7 Å². The predicted molar refractivity (Wildman–Crippen MR) is 120 cm³/mol. The van der Waals surface area contributed by atoms with E-state index in [1.165, 1.54) is 37.3 Å². The SMILES string of the molecule is CC(C(=O)c1ccccc1)N(C(=O)c1ccc(Cl)c(Cl)c1)N1C(=O)c2ccccc2C1=O. The van der Waals surface area contributed by atoms with Crippen molar-refractivity contribution in [3.05, 3.63) is 105 Å². The van der Waals surface area contributed by atoms with Crippen LogP contribution in [0.5, 0.6) is 0 Å². The molecule has 0 aliphatic carbocycles. The summed E-state index contributed by atoms with van der Waals surface area (Å²) in [4.78, 5) is 53.0. The van der Waals surface area contributed by atoms with E-state index < -0.39 is 29.5 Å². The standard InChI is InChI=1S/C24H16Cl2N2O4/c1-14(21(29)15-7-3-2-4-8-15)27(22(30)16-11-12-19(25)20(26)13-16)28-23(31)17-9-5-6-10-18(17)24(28)32/h2-14H,1H3. The Morgan fingerprint density at radius 1 is 0.781 bits per heavy atom. The normalized spacial score (nSPS) is 13.7. The van der Waals surface area contributed by atoms with Crippen LogP contribution in [-0.4, -0.2) is 39.6 Å². The van der Waals surface area contributed by atoms with E-state index in [-0.39, 0.29) is 26.7 Å². The van der Waals surface area contributed by atoms with Crippen LogP contribution < -0.4 is 0 Å². The Labute approximate surface area is 193 Å². The largest absolute Gasteiger partial charge is 0.292 e. The van der Waals surface area contributed by atoms with E-state index in [1.807, 2.05) is 0 Å². The molecule has 3 aromatic carbocycles. The molecule has 0 radical (unpaired) electrons. The molecule has 1 aliphatic rings. The minimum atomic E-state index is -1.17. The van der Waals surface area contributed by atoms with Gasteiger partial charge >= 0.3 is 0 Å². The van der Waals surface area contributed by atoms with E-state index in [9.17, 15) is 19.2 Å². The van der Waals surface area contributed by atoms with Crippen LogP contribution in [0.25, 0.3) is 0 Å². The molecule has 3 amide bonds. The van der Waals surface area contributed by atoms with Crippen molar-refractivity contribution in [1.82, 2.24) is 10.0 Å². The number of imide groups is 1. The minimum absolute atomic E-state index is 0.0728. The van der Waals surface area contributed by atoms with Crippen molar-refractivity contribution in [3.8, 4) is 0 Å². The number of hydrogen-bond acceptors (Lipinski definition) is 4. The van der Waals surface area contributed by atoms with Crippen LogP contribution in [0.4, 0.5) is 0 Å². The summed E-state index contributed by atoms with van der Waals surface area (Å²) < 4.78 is 0. The molecule has 0 N–H and O–H groups in total. The van der Waals surface area contributed by atoms with Gasteiger partial charge in [0.15, 0.2) is 5.78 Å². The number of halogens is 2. The zero-order valence-corrected chi connectivity index (χ0v) is 18.3. The fourth-order valence-electron chi connectivity index (χ4n) is 3.53. The summed E-state index contributed by atoms with van der Waals surface area (Å²) in [5.41, 5.74) is 0.722. The number of hydrogen-bond donors (Lipinski definition) is 0. The summed E-state index contributed by atoms with van der Waals surface area (Å²) in [7, 11) is 0. The number of carbonyl (C=O) groups is 4. The number of Topliss-reactive ketones (excluding diaryl/α,β-unsaturated/α-hetero) is 1. The predicted octanol–water partition coefficient (Wildman–Crippen LogP) is 4.92. The Morgan fingerprint density at radius 3 is 1.91 bits per heavy atom. The van der Waals surface area contributed by atoms with E-state index in [2.05, 4.69) is 0 Å². The fraction of sp³-hybridized carbons (Fsp3) is 0.0833. The van der Waals surface area contributed by atoms with Crippen LogP contribution in [0.3, 0.4) is 0 Å². The highest BCUT2D eigenvalue weighted by atomic mass is 35.5. The van der Waals surface area contributed by atoms with Crippen LogP contribution in [0.15, 0.2) is 72.8 Å². The second-order valence-electron chi connectivity index (χ2n) is 7.15. The van der Waals surface area contributed by atoms with Crippen molar-refractivity contribution in [2.24, 2.45) is 0 Å². The molecule has 0 bridgehead atoms. The Balaban J connectivity index is 1.81. The van der Waals surface area contributed by atoms with E-state index in [1.54, 1.807) is 42.5 Å². The highest BCUT2D eigenvalue weighted by Crippen LogP contribution is 2.29. The van der Waals surface area contributed by atoms with Crippen molar-refractivity contribution in [2.45, 2.75) is 13.0 Å². The van der Waals surface area contributed by atoms with Gasteiger partial charge in [0.05, 0.1) is 21.2 Å². The molecule has 160 valence electrons. The van der Waals surface area contributed by atoms with Gasteiger partial charge < -0.3 is 0 Å². The number of ketones is 1. The number of benzene rings is 3. The lowest BCUT2D eigenvalue weighted by molar-refractivity contribution is -0.00680. The Hall–Kier alpha value is -3.48. The molecule has 0 saturated heterocycles. The van der Waals surface area contributed by atoms with Crippen molar-refractivity contribution in [2.75, 3.05) is 0 Å². The average Bonchev–Trinajstić information content (AvgIpc) is 3.06. The molecule has 8 heteroatoms. The first-order chi connectivity index (χ1) is 15.3. The van der Waals surface area contributed by atoms with Crippen molar-refractivity contribution >= 4 is 46.7 Å². The minimum Gasteiger partial charge on any atom is -0.292 e. The Kier molecular flexibility index (Phi) is 5.82. The van der Waals surface area contributed by atoms with Gasteiger partial charge in [-0.05, 0) is 37.3 Å². The number of carbonyl (C=O) groups excluding carboxylic acids is 4. The topological polar surface area (TPSA) is 74.8 Å². The maximum absolute atomic E-state index is 13.5. The third-order valence-corrected chi connectivity index (χ3v) is 5.91. The summed E-state index contributed by atoms with van der Waals surface area (Å²) in [6.45, 7) is 1.47. The lowest BCUT2D eigenvalue weighted by atomic mass is 10.0. The first-order valence-corrected chi connectivity index (χ1v) is 10.4. The lowest BCUT2D eigenvalue weighted by Crippen LogP contribution is -2.56. The van der Waals surface area contributed by atoms with Crippen molar-refractivity contribution < 1.29 is 19.2 Å². The number of rotatable bonds is 5. The van der Waals surface area contributed by atoms with Crippen LogP contribution in [0.1, 0.15) is 48.4 Å². The van der Waals surface area contributed by atoms with Gasteiger partial charge in [-0.2, -0.15) is 5.01 Å². The molecule has 4 rings (SSSR count). The number of hydrazine groups is 1. The van der Waals surface area contributed by atoms with Crippen molar-refractivity contribution in [1.29, 1.82) is 0 Å². The highest BCUT2D eigenvalue weighted by molar-refractivity contribution is 6.42. The van der Waals surface area contributed by atoms with Gasteiger partial charge in [0.25, 0.3) is 17.7 Å². The molecular weight excluding hydrogens is 451 g/mol. The summed E-state index contributed by atoms with van der Waals surface area (Å²) in [6, 6.07) is 17.6. The second kappa shape index (κ2) is 8.57. The average molecular weight is 467 g/mol. The number of amides is 3. The number of nitrogens with zero attached hydrogens (tertiary/aromatic N) is 2. The molecule has 32 heavy (non-hydrogen) atoms. The maximum atomic E-state index is 13.5. The lowest BCUT2D eigenvalue weighted by Gasteiger charge is -2.34. The molecule has 0 fully saturated rings. The van der Waals surface area contributed by atoms with Gasteiger partial charge in [-0.25, -0.2) is 5.01 Å². The Bertz CT molecular complexity index is 1220. The van der Waals surface area contributed by atoms with Crippen LogP contribution in [0.2, 0.25) is 10.0 Å². The first-order valence-electron chi connectivity index (χ1n) is 9.67. The van der Waals surface area contributed by atoms with Gasteiger partial charge in [0.1, 0.15) is 6.04 Å². The quantitative estimate of drug-likeness (QED) is 0.395. The number of fused-ring (bicyclic) bond motifs is 1. The highest BCUT2D eigenvalue weighted by Gasteiger charge is 2.44. The van der Waals surface area contributed by atoms with Gasteiger partial charge in [0, 0.05) is 11.1 Å². The second-order valence-corrected chi connectivity index (χ2v) is 7.97. The van der Waals surface area contributed by atoms with Gasteiger partial charge in [-0.15, -0.1) is 0 Å². The van der Waals surface area contributed by atoms with Crippen LogP contribution >= 0.6 is 23.2 Å². The van der Waals surface area contributed by atoms with E-state index in [0.717, 1.165) is 10.0 Å². The zero-order valence-electron chi connectivity index (χ0n) is 16.8. The molecule has 0 spiro atoms. The summed E-state index contributed by atoms with van der Waals surface area (Å²) >= 11 is 12.0. The summed E-state index contributed by atoms with van der Waals surface area (Å²) in [5, 5.41) is 1.98. The first kappa shape index (κ1) is 21.7. The maximum Gasteiger partial charge on any atom is 0.280 e. The molecule has 0 saturated carbocycles.